The number of aromatic amines is 2. The molecule has 0 atom stereocenters. The zero-order valence-electron chi connectivity index (χ0n) is 25.8. The molecule has 2 aromatic carbocycles. The molecule has 1 saturated carbocycles. The highest BCUT2D eigenvalue weighted by Crippen LogP contribution is 2.36. The van der Waals surface area contributed by atoms with Gasteiger partial charge in [0.1, 0.15) is 11.5 Å². The molecule has 4 heterocycles. The van der Waals surface area contributed by atoms with E-state index in [2.05, 4.69) is 53.9 Å². The van der Waals surface area contributed by atoms with E-state index in [1.807, 2.05) is 57.0 Å². The van der Waals surface area contributed by atoms with Crippen molar-refractivity contribution in [2.24, 2.45) is 5.92 Å². The second-order valence-electron chi connectivity index (χ2n) is 12.5. The third-order valence-electron chi connectivity index (χ3n) is 8.80. The number of likely N-dealkylation sites (N-methyl/N-ethyl adjacent to an activating group) is 1. The van der Waals surface area contributed by atoms with Crippen molar-refractivity contribution in [1.82, 2.24) is 35.4 Å². The van der Waals surface area contributed by atoms with Crippen molar-refractivity contribution in [3.05, 3.63) is 84.6 Å². The Kier molecular flexibility index (Phi) is 8.28. The van der Waals surface area contributed by atoms with Gasteiger partial charge in [0.2, 0.25) is 0 Å². The Balaban J connectivity index is 1.17. The molecule has 0 bridgehead atoms. The maximum absolute atomic E-state index is 14.7. The van der Waals surface area contributed by atoms with Gasteiger partial charge < -0.3 is 20.5 Å². The smallest absolute Gasteiger partial charge is 0.155 e. The molecule has 4 aromatic heterocycles. The fourth-order valence-corrected chi connectivity index (χ4v) is 6.45. The normalized spacial score (nSPS) is 13.9. The second-order valence-corrected chi connectivity index (χ2v) is 12.5. The lowest BCUT2D eigenvalue weighted by molar-refractivity contribution is 0.425. The molecule has 0 radical (unpaired) electrons. The summed E-state index contributed by atoms with van der Waals surface area (Å²) in [5, 5.41) is 16.6. The van der Waals surface area contributed by atoms with Gasteiger partial charge in [0.25, 0.3) is 0 Å². The molecule has 0 aliphatic heterocycles. The summed E-state index contributed by atoms with van der Waals surface area (Å²) in [5.74, 6) is 0.530. The van der Waals surface area contributed by atoms with Crippen LogP contribution in [-0.2, 0) is 6.54 Å². The lowest BCUT2D eigenvalue weighted by atomic mass is 10.0. The first-order valence-corrected chi connectivity index (χ1v) is 15.8. The number of halogens is 1. The van der Waals surface area contributed by atoms with Gasteiger partial charge in [-0.1, -0.05) is 25.0 Å². The molecule has 0 amide bonds. The second kappa shape index (κ2) is 12.8. The molecule has 6 aromatic rings. The van der Waals surface area contributed by atoms with E-state index in [1.54, 1.807) is 12.1 Å². The Hall–Kier alpha value is -4.60. The largest absolute Gasteiger partial charge is 0.384 e. The van der Waals surface area contributed by atoms with Crippen molar-refractivity contribution in [3.63, 3.8) is 0 Å². The zero-order valence-corrected chi connectivity index (χ0v) is 25.8. The number of hydrogen-bond donors (Lipinski definition) is 4. The number of nitrogens with zero attached hydrogens (tertiary/aromatic N) is 4. The minimum absolute atomic E-state index is 0.271. The van der Waals surface area contributed by atoms with Crippen LogP contribution in [0.1, 0.15) is 31.2 Å². The predicted molar refractivity (Wildman–Crippen MR) is 181 cm³/mol. The summed E-state index contributed by atoms with van der Waals surface area (Å²) in [7, 11) is 4.04. The number of H-pyrrole nitrogens is 2. The highest BCUT2D eigenvalue weighted by molar-refractivity contribution is 6.01. The van der Waals surface area contributed by atoms with E-state index in [0.717, 1.165) is 93.3 Å². The molecule has 4 N–H and O–H groups in total. The monoisotopic (exact) mass is 602 g/mol. The third-order valence-corrected chi connectivity index (χ3v) is 8.80. The highest BCUT2D eigenvalue weighted by Gasteiger charge is 2.17. The van der Waals surface area contributed by atoms with E-state index in [0.29, 0.717) is 5.65 Å². The number of pyridine rings is 2. The van der Waals surface area contributed by atoms with Gasteiger partial charge in [-0.15, -0.1) is 0 Å². The summed E-state index contributed by atoms with van der Waals surface area (Å²) in [6.07, 6.45) is 11.1. The van der Waals surface area contributed by atoms with Crippen LogP contribution in [0.2, 0.25) is 0 Å². The third kappa shape index (κ3) is 6.45. The fraction of sp³-hybridized carbons (Fsp3) is 0.306. The molecular formula is C36H39FN8. The summed E-state index contributed by atoms with van der Waals surface area (Å²) in [6, 6.07) is 17.6. The van der Waals surface area contributed by atoms with Gasteiger partial charge in [0, 0.05) is 71.3 Å². The van der Waals surface area contributed by atoms with E-state index < -0.39 is 0 Å². The number of fused-ring (bicyclic) bond motifs is 2. The Morgan fingerprint density at radius 2 is 1.80 bits per heavy atom. The molecule has 9 heteroatoms. The standard InChI is InChI=1S/C36H39FN8/c1-45(2)11-10-40-29-14-25(13-28(37)16-29)30-8-5-9-33-31(30)17-34(42-33)35-32-15-27(22-41-36(32)44-43-35)26-12-24(20-39-21-26)19-38-18-23-6-3-4-7-23/h5,8-9,12-17,20-23,38,40,42H,3-4,6-7,10-11,18-19H2,1-2H3,(H,41,43,44). The molecule has 0 spiro atoms. The summed E-state index contributed by atoms with van der Waals surface area (Å²) in [6.45, 7) is 3.46. The van der Waals surface area contributed by atoms with Crippen LogP contribution in [0.5, 0.6) is 0 Å². The molecule has 45 heavy (non-hydrogen) atoms. The van der Waals surface area contributed by atoms with Gasteiger partial charge >= 0.3 is 0 Å². The fourth-order valence-electron chi connectivity index (χ4n) is 6.45. The first-order chi connectivity index (χ1) is 22.0. The van der Waals surface area contributed by atoms with Crippen LogP contribution in [-0.4, -0.2) is 63.8 Å². The molecule has 1 aliphatic rings. The average Bonchev–Trinajstić information content (AvgIpc) is 3.80. The number of hydrogen-bond acceptors (Lipinski definition) is 6. The SMILES string of the molecule is CN(C)CCNc1cc(F)cc(-c2cccc3[nH]c(-c4n[nH]c5ncc(-c6cncc(CNCC7CCCC7)c6)cc45)cc23)c1. The van der Waals surface area contributed by atoms with Gasteiger partial charge in [0.15, 0.2) is 5.65 Å². The minimum atomic E-state index is -0.271. The van der Waals surface area contributed by atoms with Crippen LogP contribution in [0.4, 0.5) is 10.1 Å². The van der Waals surface area contributed by atoms with E-state index in [4.69, 9.17) is 4.98 Å². The van der Waals surface area contributed by atoms with E-state index in [1.165, 1.54) is 25.7 Å². The molecule has 230 valence electrons. The molecule has 1 aliphatic carbocycles. The van der Waals surface area contributed by atoms with E-state index >= 15 is 0 Å². The van der Waals surface area contributed by atoms with Crippen molar-refractivity contribution in [2.45, 2.75) is 32.2 Å². The summed E-state index contributed by atoms with van der Waals surface area (Å²) in [4.78, 5) is 14.9. The summed E-state index contributed by atoms with van der Waals surface area (Å²) in [5.41, 5.74) is 9.03. The van der Waals surface area contributed by atoms with Crippen LogP contribution < -0.4 is 10.6 Å². The lowest BCUT2D eigenvalue weighted by Crippen LogP contribution is -2.20. The lowest BCUT2D eigenvalue weighted by Gasteiger charge is -2.13. The molecule has 8 nitrogen and oxygen atoms in total. The maximum atomic E-state index is 14.7. The Morgan fingerprint density at radius 1 is 0.933 bits per heavy atom. The van der Waals surface area contributed by atoms with Crippen molar-refractivity contribution in [1.29, 1.82) is 0 Å². The van der Waals surface area contributed by atoms with Crippen molar-refractivity contribution < 1.29 is 4.39 Å². The van der Waals surface area contributed by atoms with Crippen LogP contribution in [0.3, 0.4) is 0 Å². The summed E-state index contributed by atoms with van der Waals surface area (Å²) >= 11 is 0. The zero-order chi connectivity index (χ0) is 30.8. The molecule has 0 unspecified atom stereocenters. The number of aromatic nitrogens is 5. The Labute approximate surface area is 262 Å². The number of rotatable bonds is 11. The number of anilines is 1. The minimum Gasteiger partial charge on any atom is -0.384 e. The predicted octanol–water partition coefficient (Wildman–Crippen LogP) is 7.23. The average molecular weight is 603 g/mol. The molecular weight excluding hydrogens is 563 g/mol. The van der Waals surface area contributed by atoms with Crippen molar-refractivity contribution in [2.75, 3.05) is 39.0 Å². The number of nitrogens with one attached hydrogen (secondary N) is 4. The van der Waals surface area contributed by atoms with Crippen molar-refractivity contribution >= 4 is 27.6 Å². The van der Waals surface area contributed by atoms with Crippen LogP contribution >= 0.6 is 0 Å². The van der Waals surface area contributed by atoms with Gasteiger partial charge in [0.05, 0.1) is 5.69 Å². The van der Waals surface area contributed by atoms with Gasteiger partial charge in [-0.05, 0) is 98.6 Å². The van der Waals surface area contributed by atoms with Crippen LogP contribution in [0, 0.1) is 11.7 Å². The first kappa shape index (κ1) is 29.1. The highest BCUT2D eigenvalue weighted by atomic mass is 19.1. The Morgan fingerprint density at radius 3 is 2.67 bits per heavy atom. The topological polar surface area (TPSA) is 97.5 Å². The quantitative estimate of drug-likeness (QED) is 0.125. The maximum Gasteiger partial charge on any atom is 0.155 e. The van der Waals surface area contributed by atoms with Gasteiger partial charge in [-0.2, -0.15) is 5.10 Å². The first-order valence-electron chi connectivity index (χ1n) is 15.8. The molecule has 7 rings (SSSR count). The number of benzene rings is 2. The molecule has 1 fully saturated rings. The van der Waals surface area contributed by atoms with Crippen molar-refractivity contribution in [3.8, 4) is 33.6 Å². The van der Waals surface area contributed by atoms with Gasteiger partial charge in [-0.3, -0.25) is 10.1 Å². The van der Waals surface area contributed by atoms with E-state index in [-0.39, 0.29) is 5.82 Å². The summed E-state index contributed by atoms with van der Waals surface area (Å²) < 4.78 is 14.7. The van der Waals surface area contributed by atoms with Crippen LogP contribution in [0.15, 0.2) is 73.2 Å². The molecule has 0 saturated heterocycles. The Bertz CT molecular complexity index is 1930. The van der Waals surface area contributed by atoms with Gasteiger partial charge in [-0.25, -0.2) is 9.37 Å². The van der Waals surface area contributed by atoms with E-state index in [9.17, 15) is 4.39 Å². The van der Waals surface area contributed by atoms with Crippen LogP contribution in [0.25, 0.3) is 55.6 Å².